The molecule has 1 aromatic carbocycles. The summed E-state index contributed by atoms with van der Waals surface area (Å²) in [5.74, 6) is 0.545. The van der Waals surface area contributed by atoms with Crippen LogP contribution in [0.5, 0.6) is 0 Å². The van der Waals surface area contributed by atoms with Gasteiger partial charge in [0.2, 0.25) is 0 Å². The Labute approximate surface area is 130 Å². The average molecular weight is 349 g/mol. The molecular weight excluding hydrogens is 326 g/mol. The largest absolute Gasteiger partial charge is 0.384 e. The lowest BCUT2D eigenvalue weighted by atomic mass is 9.96. The van der Waals surface area contributed by atoms with E-state index in [0.717, 1.165) is 35.5 Å². The number of benzene rings is 1. The third-order valence-electron chi connectivity index (χ3n) is 3.11. The van der Waals surface area contributed by atoms with E-state index in [9.17, 15) is 0 Å². The second kappa shape index (κ2) is 8.96. The highest BCUT2D eigenvalue weighted by Crippen LogP contribution is 2.23. The molecule has 19 heavy (non-hydrogen) atoms. The van der Waals surface area contributed by atoms with Crippen molar-refractivity contribution in [2.75, 3.05) is 20.3 Å². The van der Waals surface area contributed by atoms with E-state index >= 15 is 0 Å². The van der Waals surface area contributed by atoms with Crippen molar-refractivity contribution in [2.24, 2.45) is 5.92 Å². The van der Waals surface area contributed by atoms with Crippen LogP contribution in [0.1, 0.15) is 25.8 Å². The van der Waals surface area contributed by atoms with E-state index in [4.69, 9.17) is 16.3 Å². The first-order chi connectivity index (χ1) is 9.06. The van der Waals surface area contributed by atoms with Gasteiger partial charge in [0, 0.05) is 29.3 Å². The van der Waals surface area contributed by atoms with Gasteiger partial charge in [-0.05, 0) is 43.0 Å². The Kier molecular flexibility index (Phi) is 8.00. The van der Waals surface area contributed by atoms with Gasteiger partial charge in [-0.25, -0.2) is 0 Å². The molecule has 0 spiro atoms. The van der Waals surface area contributed by atoms with E-state index in [1.807, 2.05) is 12.1 Å². The van der Waals surface area contributed by atoms with Crippen LogP contribution in [0, 0.1) is 5.92 Å². The van der Waals surface area contributed by atoms with Crippen LogP contribution in [0.25, 0.3) is 0 Å². The fourth-order valence-electron chi connectivity index (χ4n) is 2.32. The summed E-state index contributed by atoms with van der Waals surface area (Å²) in [4.78, 5) is 0. The monoisotopic (exact) mass is 347 g/mol. The Hall–Kier alpha value is -0.0900. The predicted octanol–water partition coefficient (Wildman–Crippen LogP) is 4.30. The van der Waals surface area contributed by atoms with Gasteiger partial charge in [-0.15, -0.1) is 0 Å². The van der Waals surface area contributed by atoms with E-state index in [-0.39, 0.29) is 0 Å². The standard InChI is InChI=1S/C15H23BrClNO/c1-4-18-14(7-11(2)10-19-3)8-12-5-6-13(16)9-15(12)17/h5-6,9,11,14,18H,4,7-8,10H2,1-3H3. The van der Waals surface area contributed by atoms with Gasteiger partial charge in [-0.3, -0.25) is 0 Å². The van der Waals surface area contributed by atoms with E-state index in [2.05, 4.69) is 41.2 Å². The van der Waals surface area contributed by atoms with E-state index < -0.39 is 0 Å². The number of nitrogens with one attached hydrogen (secondary N) is 1. The smallest absolute Gasteiger partial charge is 0.0488 e. The second-order valence-electron chi connectivity index (χ2n) is 4.99. The molecule has 2 nitrogen and oxygen atoms in total. The van der Waals surface area contributed by atoms with Crippen molar-refractivity contribution in [3.63, 3.8) is 0 Å². The number of likely N-dealkylation sites (N-methyl/N-ethyl adjacent to an activating group) is 1. The summed E-state index contributed by atoms with van der Waals surface area (Å²) in [6.07, 6.45) is 2.04. The molecule has 4 heteroatoms. The Morgan fingerprint density at radius 2 is 2.16 bits per heavy atom. The van der Waals surface area contributed by atoms with Crippen LogP contribution >= 0.6 is 27.5 Å². The van der Waals surface area contributed by atoms with Gasteiger partial charge in [0.1, 0.15) is 0 Å². The minimum absolute atomic E-state index is 0.439. The Morgan fingerprint density at radius 1 is 1.42 bits per heavy atom. The van der Waals surface area contributed by atoms with Crippen LogP contribution in [0.2, 0.25) is 5.02 Å². The molecule has 0 radical (unpaired) electrons. The topological polar surface area (TPSA) is 21.3 Å². The first-order valence-corrected chi connectivity index (χ1v) is 7.90. The summed E-state index contributed by atoms with van der Waals surface area (Å²) >= 11 is 9.73. The predicted molar refractivity (Wildman–Crippen MR) is 86.0 cm³/mol. The normalized spacial score (nSPS) is 14.4. The molecule has 2 unspecified atom stereocenters. The van der Waals surface area contributed by atoms with Crippen LogP contribution in [0.3, 0.4) is 0 Å². The van der Waals surface area contributed by atoms with Gasteiger partial charge in [-0.1, -0.05) is 47.4 Å². The van der Waals surface area contributed by atoms with Crippen molar-refractivity contribution in [3.8, 4) is 0 Å². The molecule has 0 aliphatic rings. The summed E-state index contributed by atoms with van der Waals surface area (Å²) in [5.41, 5.74) is 1.19. The molecule has 0 saturated carbocycles. The number of methoxy groups -OCH3 is 1. The molecule has 0 aliphatic carbocycles. The minimum Gasteiger partial charge on any atom is -0.384 e. The number of rotatable bonds is 8. The highest BCUT2D eigenvalue weighted by atomic mass is 79.9. The fourth-order valence-corrected chi connectivity index (χ4v) is 3.07. The third-order valence-corrected chi connectivity index (χ3v) is 3.96. The van der Waals surface area contributed by atoms with Crippen LogP contribution in [0.4, 0.5) is 0 Å². The van der Waals surface area contributed by atoms with Crippen molar-refractivity contribution in [1.29, 1.82) is 0 Å². The highest BCUT2D eigenvalue weighted by Gasteiger charge is 2.14. The number of ether oxygens (including phenoxy) is 1. The lowest BCUT2D eigenvalue weighted by Gasteiger charge is -2.22. The van der Waals surface area contributed by atoms with Gasteiger partial charge in [0.25, 0.3) is 0 Å². The molecule has 0 heterocycles. The lowest BCUT2D eigenvalue weighted by Crippen LogP contribution is -2.33. The third kappa shape index (κ3) is 6.26. The van der Waals surface area contributed by atoms with Gasteiger partial charge in [0.05, 0.1) is 0 Å². The summed E-state index contributed by atoms with van der Waals surface area (Å²) < 4.78 is 6.23. The Morgan fingerprint density at radius 3 is 2.74 bits per heavy atom. The van der Waals surface area contributed by atoms with E-state index in [1.54, 1.807) is 7.11 Å². The molecular formula is C15H23BrClNO. The average Bonchev–Trinajstić information content (AvgIpc) is 2.33. The van der Waals surface area contributed by atoms with Crippen molar-refractivity contribution in [1.82, 2.24) is 5.32 Å². The maximum Gasteiger partial charge on any atom is 0.0488 e. The van der Waals surface area contributed by atoms with Crippen LogP contribution in [-0.4, -0.2) is 26.3 Å². The molecule has 1 rings (SSSR count). The first-order valence-electron chi connectivity index (χ1n) is 6.73. The molecule has 0 amide bonds. The number of hydrogen-bond donors (Lipinski definition) is 1. The molecule has 0 bridgehead atoms. The summed E-state index contributed by atoms with van der Waals surface area (Å²) in [7, 11) is 1.75. The molecule has 2 atom stereocenters. The summed E-state index contributed by atoms with van der Waals surface area (Å²) in [6.45, 7) is 6.13. The second-order valence-corrected chi connectivity index (χ2v) is 6.31. The molecule has 0 aromatic heterocycles. The van der Waals surface area contributed by atoms with Crippen LogP contribution < -0.4 is 5.32 Å². The maximum atomic E-state index is 6.29. The van der Waals surface area contributed by atoms with Crippen molar-refractivity contribution < 1.29 is 4.74 Å². The SMILES string of the molecule is CCNC(Cc1ccc(Br)cc1Cl)CC(C)COC. The molecule has 0 fully saturated rings. The fraction of sp³-hybridized carbons (Fsp3) is 0.600. The maximum absolute atomic E-state index is 6.29. The minimum atomic E-state index is 0.439. The van der Waals surface area contributed by atoms with Gasteiger partial charge in [0.15, 0.2) is 0 Å². The zero-order valence-electron chi connectivity index (χ0n) is 11.9. The lowest BCUT2D eigenvalue weighted by molar-refractivity contribution is 0.149. The molecule has 1 N–H and O–H groups in total. The Balaban J connectivity index is 2.66. The number of hydrogen-bond acceptors (Lipinski definition) is 2. The van der Waals surface area contributed by atoms with Gasteiger partial charge >= 0.3 is 0 Å². The van der Waals surface area contributed by atoms with Crippen molar-refractivity contribution in [3.05, 3.63) is 33.3 Å². The van der Waals surface area contributed by atoms with Gasteiger partial charge < -0.3 is 10.1 Å². The van der Waals surface area contributed by atoms with Crippen molar-refractivity contribution in [2.45, 2.75) is 32.7 Å². The number of halogens is 2. The molecule has 108 valence electrons. The van der Waals surface area contributed by atoms with Crippen LogP contribution in [-0.2, 0) is 11.2 Å². The molecule has 0 saturated heterocycles. The molecule has 0 aliphatic heterocycles. The Bertz CT molecular complexity index is 386. The zero-order chi connectivity index (χ0) is 14.3. The van der Waals surface area contributed by atoms with Gasteiger partial charge in [-0.2, -0.15) is 0 Å². The quantitative estimate of drug-likeness (QED) is 0.756. The van der Waals surface area contributed by atoms with E-state index in [0.29, 0.717) is 12.0 Å². The van der Waals surface area contributed by atoms with Crippen LogP contribution in [0.15, 0.2) is 22.7 Å². The van der Waals surface area contributed by atoms with E-state index in [1.165, 1.54) is 5.56 Å². The summed E-state index contributed by atoms with van der Waals surface area (Å²) in [5, 5.41) is 4.37. The van der Waals surface area contributed by atoms with Crippen molar-refractivity contribution >= 4 is 27.5 Å². The zero-order valence-corrected chi connectivity index (χ0v) is 14.2. The highest BCUT2D eigenvalue weighted by molar-refractivity contribution is 9.10. The molecule has 1 aromatic rings. The summed E-state index contributed by atoms with van der Waals surface area (Å²) in [6, 6.07) is 6.53. The first kappa shape index (κ1) is 17.0.